The van der Waals surface area contributed by atoms with Crippen LogP contribution in [0.2, 0.25) is 0 Å². The van der Waals surface area contributed by atoms with Crippen molar-refractivity contribution in [3.05, 3.63) is 42.2 Å². The SMILES string of the molecule is CCN1C(=O)c2cccnc2N(CC)c2ncccc21. The molecule has 0 saturated heterocycles. The van der Waals surface area contributed by atoms with Gasteiger partial charge in [0, 0.05) is 25.5 Å². The average molecular weight is 268 g/mol. The van der Waals surface area contributed by atoms with E-state index in [-0.39, 0.29) is 5.91 Å². The predicted octanol–water partition coefficient (Wildman–Crippen LogP) is 2.61. The Balaban J connectivity index is 2.31. The molecule has 5 nitrogen and oxygen atoms in total. The lowest BCUT2D eigenvalue weighted by atomic mass is 10.2. The van der Waals surface area contributed by atoms with Gasteiger partial charge in [-0.2, -0.15) is 0 Å². The van der Waals surface area contributed by atoms with Crippen molar-refractivity contribution in [1.82, 2.24) is 9.97 Å². The molecule has 0 spiro atoms. The lowest BCUT2D eigenvalue weighted by molar-refractivity contribution is 0.0989. The van der Waals surface area contributed by atoms with Gasteiger partial charge >= 0.3 is 0 Å². The molecule has 5 heteroatoms. The van der Waals surface area contributed by atoms with Crippen molar-refractivity contribution in [3.63, 3.8) is 0 Å². The van der Waals surface area contributed by atoms with E-state index in [0.29, 0.717) is 24.5 Å². The molecule has 0 aromatic carbocycles. The maximum atomic E-state index is 12.7. The first-order valence-corrected chi connectivity index (χ1v) is 6.77. The molecule has 1 aliphatic rings. The van der Waals surface area contributed by atoms with Gasteiger partial charge in [-0.1, -0.05) is 0 Å². The first kappa shape index (κ1) is 12.6. The summed E-state index contributed by atoms with van der Waals surface area (Å²) in [6, 6.07) is 7.40. The highest BCUT2D eigenvalue weighted by Gasteiger charge is 2.30. The highest BCUT2D eigenvalue weighted by atomic mass is 16.2. The fraction of sp³-hybridized carbons (Fsp3) is 0.267. The van der Waals surface area contributed by atoms with E-state index in [4.69, 9.17) is 0 Å². The van der Waals surface area contributed by atoms with E-state index in [2.05, 4.69) is 9.97 Å². The first-order valence-electron chi connectivity index (χ1n) is 6.77. The molecule has 0 unspecified atom stereocenters. The van der Waals surface area contributed by atoms with Gasteiger partial charge in [0.15, 0.2) is 5.82 Å². The number of carbonyl (C=O) groups is 1. The minimum absolute atomic E-state index is 0.0270. The molecule has 0 bridgehead atoms. The minimum Gasteiger partial charge on any atom is -0.309 e. The van der Waals surface area contributed by atoms with Gasteiger partial charge < -0.3 is 9.80 Å². The molecule has 20 heavy (non-hydrogen) atoms. The van der Waals surface area contributed by atoms with Crippen molar-refractivity contribution >= 4 is 23.2 Å². The lowest BCUT2D eigenvalue weighted by Crippen LogP contribution is -2.30. The summed E-state index contributed by atoms with van der Waals surface area (Å²) in [6.07, 6.45) is 3.45. The third-order valence-corrected chi connectivity index (χ3v) is 3.46. The molecular weight excluding hydrogens is 252 g/mol. The Labute approximate surface area is 117 Å². The number of fused-ring (bicyclic) bond motifs is 2. The molecule has 0 radical (unpaired) electrons. The summed E-state index contributed by atoms with van der Waals surface area (Å²) in [7, 11) is 0. The Morgan fingerprint density at radius 3 is 2.30 bits per heavy atom. The second kappa shape index (κ2) is 4.92. The molecule has 2 aromatic heterocycles. The van der Waals surface area contributed by atoms with Crippen LogP contribution < -0.4 is 9.80 Å². The van der Waals surface area contributed by atoms with Crippen LogP contribution in [0.4, 0.5) is 17.3 Å². The predicted molar refractivity (Wildman–Crippen MR) is 78.5 cm³/mol. The van der Waals surface area contributed by atoms with Gasteiger partial charge in [0.25, 0.3) is 5.91 Å². The van der Waals surface area contributed by atoms with Crippen LogP contribution in [0.25, 0.3) is 0 Å². The topological polar surface area (TPSA) is 49.3 Å². The van der Waals surface area contributed by atoms with Gasteiger partial charge in [-0.05, 0) is 38.1 Å². The van der Waals surface area contributed by atoms with E-state index in [1.807, 2.05) is 36.9 Å². The van der Waals surface area contributed by atoms with Crippen LogP contribution in [0.1, 0.15) is 24.2 Å². The standard InChI is InChI=1S/C15H16N4O/c1-3-18-12-8-6-10-17-14(12)19(4-2)13-11(15(18)20)7-5-9-16-13/h5-10H,3-4H2,1-2H3. The van der Waals surface area contributed by atoms with E-state index < -0.39 is 0 Å². The number of hydrogen-bond donors (Lipinski definition) is 0. The van der Waals surface area contributed by atoms with Gasteiger partial charge in [-0.15, -0.1) is 0 Å². The summed E-state index contributed by atoms with van der Waals surface area (Å²) in [6.45, 7) is 5.30. The summed E-state index contributed by atoms with van der Waals surface area (Å²) in [5.41, 5.74) is 1.45. The van der Waals surface area contributed by atoms with Crippen molar-refractivity contribution < 1.29 is 4.79 Å². The van der Waals surface area contributed by atoms with Crippen LogP contribution in [0.5, 0.6) is 0 Å². The molecule has 1 aliphatic heterocycles. The minimum atomic E-state index is -0.0270. The van der Waals surface area contributed by atoms with Crippen molar-refractivity contribution in [2.45, 2.75) is 13.8 Å². The number of hydrogen-bond acceptors (Lipinski definition) is 4. The summed E-state index contributed by atoms with van der Waals surface area (Å²) in [5, 5.41) is 0. The Morgan fingerprint density at radius 2 is 1.60 bits per heavy atom. The van der Waals surface area contributed by atoms with Crippen LogP contribution in [-0.2, 0) is 0 Å². The maximum absolute atomic E-state index is 12.7. The van der Waals surface area contributed by atoms with Crippen molar-refractivity contribution in [2.75, 3.05) is 22.9 Å². The van der Waals surface area contributed by atoms with E-state index in [1.54, 1.807) is 23.4 Å². The number of carbonyl (C=O) groups excluding carboxylic acids is 1. The Hall–Kier alpha value is -2.43. The zero-order valence-electron chi connectivity index (χ0n) is 11.6. The van der Waals surface area contributed by atoms with E-state index in [1.165, 1.54) is 0 Å². The number of aromatic nitrogens is 2. The van der Waals surface area contributed by atoms with Crippen molar-refractivity contribution in [2.24, 2.45) is 0 Å². The molecule has 2 aromatic rings. The zero-order chi connectivity index (χ0) is 14.1. The third-order valence-electron chi connectivity index (χ3n) is 3.46. The highest BCUT2D eigenvalue weighted by Crippen LogP contribution is 2.37. The number of pyridine rings is 2. The van der Waals surface area contributed by atoms with E-state index in [9.17, 15) is 4.79 Å². The maximum Gasteiger partial charge on any atom is 0.262 e. The molecule has 0 fully saturated rings. The number of amides is 1. The number of rotatable bonds is 2. The van der Waals surface area contributed by atoms with Gasteiger partial charge in [-0.3, -0.25) is 4.79 Å². The second-order valence-corrected chi connectivity index (χ2v) is 4.51. The van der Waals surface area contributed by atoms with Gasteiger partial charge in [0.05, 0.1) is 11.3 Å². The molecule has 0 N–H and O–H groups in total. The second-order valence-electron chi connectivity index (χ2n) is 4.51. The molecule has 0 saturated carbocycles. The highest BCUT2D eigenvalue weighted by molar-refractivity contribution is 6.12. The van der Waals surface area contributed by atoms with Crippen LogP contribution in [-0.4, -0.2) is 29.0 Å². The molecule has 102 valence electrons. The zero-order valence-corrected chi connectivity index (χ0v) is 11.6. The monoisotopic (exact) mass is 268 g/mol. The summed E-state index contributed by atoms with van der Waals surface area (Å²) in [5.74, 6) is 1.43. The van der Waals surface area contributed by atoms with Gasteiger partial charge in [0.1, 0.15) is 5.82 Å². The summed E-state index contributed by atoms with van der Waals surface area (Å²) < 4.78 is 0. The van der Waals surface area contributed by atoms with Crippen LogP contribution >= 0.6 is 0 Å². The Morgan fingerprint density at radius 1 is 0.950 bits per heavy atom. The van der Waals surface area contributed by atoms with E-state index >= 15 is 0 Å². The van der Waals surface area contributed by atoms with Crippen molar-refractivity contribution in [1.29, 1.82) is 0 Å². The smallest absolute Gasteiger partial charge is 0.262 e. The molecular formula is C15H16N4O. The number of anilines is 3. The van der Waals surface area contributed by atoms with Crippen molar-refractivity contribution in [3.8, 4) is 0 Å². The van der Waals surface area contributed by atoms with Gasteiger partial charge in [0.2, 0.25) is 0 Å². The summed E-state index contributed by atoms with van der Waals surface area (Å²) in [4.78, 5) is 25.3. The molecule has 1 amide bonds. The normalized spacial score (nSPS) is 13.8. The fourth-order valence-electron chi connectivity index (χ4n) is 2.55. The molecule has 3 rings (SSSR count). The molecule has 0 aliphatic carbocycles. The quantitative estimate of drug-likeness (QED) is 0.840. The van der Waals surface area contributed by atoms with Crippen LogP contribution in [0.3, 0.4) is 0 Å². The average Bonchev–Trinajstić information content (AvgIpc) is 2.60. The largest absolute Gasteiger partial charge is 0.309 e. The Bertz CT molecular complexity index is 656. The summed E-state index contributed by atoms with van der Waals surface area (Å²) >= 11 is 0. The third kappa shape index (κ3) is 1.74. The molecule has 0 atom stereocenters. The first-order chi connectivity index (χ1) is 9.77. The Kier molecular flexibility index (Phi) is 3.10. The van der Waals surface area contributed by atoms with Gasteiger partial charge in [-0.25, -0.2) is 9.97 Å². The number of nitrogens with zero attached hydrogens (tertiary/aromatic N) is 4. The van der Waals surface area contributed by atoms with Crippen LogP contribution in [0.15, 0.2) is 36.7 Å². The molecule has 3 heterocycles. The fourth-order valence-corrected chi connectivity index (χ4v) is 2.55. The van der Waals surface area contributed by atoms with E-state index in [0.717, 1.165) is 11.5 Å². The lowest BCUT2D eigenvalue weighted by Gasteiger charge is -2.23. The van der Waals surface area contributed by atoms with Crippen LogP contribution in [0, 0.1) is 0 Å².